The highest BCUT2D eigenvalue weighted by molar-refractivity contribution is 7.47. The van der Waals surface area contributed by atoms with E-state index >= 15 is 0 Å². The van der Waals surface area contributed by atoms with Crippen LogP contribution >= 0.6 is 7.82 Å². The standard InChI is InChI=1S/C45H88NO8P/c1-6-8-10-12-14-16-18-20-22-23-24-26-28-30-32-34-36-38-45(48)54-43(42-53-55(49,50)52-40-39-46(3,4)5)41-51-44(47)37-35-33-31-29-27-25-21-19-17-15-13-11-9-7-2/h16,18,43H,6-15,17,19-42H2,1-5H3/p+1/b18-16+/t43-/m1/s1. The number of hydrogen-bond acceptors (Lipinski definition) is 7. The summed E-state index contributed by atoms with van der Waals surface area (Å²) in [5, 5.41) is 0. The lowest BCUT2D eigenvalue weighted by molar-refractivity contribution is -0.870. The third-order valence-electron chi connectivity index (χ3n) is 10.0. The number of rotatable bonds is 42. The molecule has 0 fully saturated rings. The van der Waals surface area contributed by atoms with Crippen molar-refractivity contribution in [2.75, 3.05) is 47.5 Å². The van der Waals surface area contributed by atoms with Gasteiger partial charge in [-0.15, -0.1) is 0 Å². The smallest absolute Gasteiger partial charge is 0.462 e. The lowest BCUT2D eigenvalue weighted by atomic mass is 10.0. The van der Waals surface area contributed by atoms with Gasteiger partial charge in [0.25, 0.3) is 0 Å². The van der Waals surface area contributed by atoms with Crippen molar-refractivity contribution in [2.24, 2.45) is 0 Å². The number of hydrogen-bond donors (Lipinski definition) is 1. The Morgan fingerprint density at radius 2 is 0.927 bits per heavy atom. The van der Waals surface area contributed by atoms with Crippen molar-refractivity contribution in [3.05, 3.63) is 12.2 Å². The number of carbonyl (C=O) groups excluding carboxylic acids is 2. The Bertz CT molecular complexity index is 954. The fourth-order valence-corrected chi connectivity index (χ4v) is 7.16. The molecule has 0 saturated heterocycles. The van der Waals surface area contributed by atoms with E-state index in [2.05, 4.69) is 26.0 Å². The quantitative estimate of drug-likeness (QED) is 0.0214. The minimum Gasteiger partial charge on any atom is -0.462 e. The van der Waals surface area contributed by atoms with Crippen molar-refractivity contribution in [2.45, 2.75) is 219 Å². The van der Waals surface area contributed by atoms with Gasteiger partial charge in [-0.1, -0.05) is 174 Å². The van der Waals surface area contributed by atoms with Gasteiger partial charge in [-0.05, 0) is 38.5 Å². The molecule has 9 nitrogen and oxygen atoms in total. The Morgan fingerprint density at radius 1 is 0.545 bits per heavy atom. The zero-order chi connectivity index (χ0) is 40.7. The molecule has 0 bridgehead atoms. The zero-order valence-electron chi connectivity index (χ0n) is 36.7. The molecule has 326 valence electrons. The zero-order valence-corrected chi connectivity index (χ0v) is 37.6. The maximum atomic E-state index is 12.7. The number of carbonyl (C=O) groups is 2. The summed E-state index contributed by atoms with van der Waals surface area (Å²) in [4.78, 5) is 35.4. The van der Waals surface area contributed by atoms with Crippen LogP contribution in [0.15, 0.2) is 12.2 Å². The van der Waals surface area contributed by atoms with E-state index < -0.39 is 26.5 Å². The molecule has 0 aliphatic rings. The second-order valence-corrected chi connectivity index (χ2v) is 18.2. The molecule has 10 heteroatoms. The number of nitrogens with zero attached hydrogens (tertiary/aromatic N) is 1. The molecule has 0 radical (unpaired) electrons. The Kier molecular flexibility index (Phi) is 37.4. The van der Waals surface area contributed by atoms with Crippen molar-refractivity contribution < 1.29 is 42.1 Å². The lowest BCUT2D eigenvalue weighted by Gasteiger charge is -2.24. The molecule has 0 amide bonds. The first kappa shape index (κ1) is 53.8. The average Bonchev–Trinajstić information content (AvgIpc) is 3.13. The van der Waals surface area contributed by atoms with Crippen LogP contribution in [0, 0.1) is 0 Å². The molecule has 0 aliphatic carbocycles. The van der Waals surface area contributed by atoms with Gasteiger partial charge in [0.05, 0.1) is 27.7 Å². The summed E-state index contributed by atoms with van der Waals surface area (Å²) in [6, 6.07) is 0. The molecule has 0 aromatic rings. The summed E-state index contributed by atoms with van der Waals surface area (Å²) in [6.45, 7) is 4.44. The first-order chi connectivity index (χ1) is 26.5. The fourth-order valence-electron chi connectivity index (χ4n) is 6.42. The van der Waals surface area contributed by atoms with Gasteiger partial charge in [-0.2, -0.15) is 0 Å². The molecule has 55 heavy (non-hydrogen) atoms. The summed E-state index contributed by atoms with van der Waals surface area (Å²) in [5.74, 6) is -0.790. The van der Waals surface area contributed by atoms with Gasteiger partial charge in [0.1, 0.15) is 19.8 Å². The number of phosphoric ester groups is 1. The summed E-state index contributed by atoms with van der Waals surface area (Å²) < 4.78 is 34.3. The highest BCUT2D eigenvalue weighted by atomic mass is 31.2. The molecule has 0 rings (SSSR count). The van der Waals surface area contributed by atoms with Gasteiger partial charge in [0.15, 0.2) is 6.10 Å². The molecule has 0 aromatic carbocycles. The van der Waals surface area contributed by atoms with E-state index in [0.29, 0.717) is 23.9 Å². The minimum absolute atomic E-state index is 0.0345. The monoisotopic (exact) mass is 803 g/mol. The van der Waals surface area contributed by atoms with Crippen LogP contribution < -0.4 is 0 Å². The predicted octanol–water partition coefficient (Wildman–Crippen LogP) is 13.0. The molecule has 2 atom stereocenters. The Labute approximate surface area is 339 Å². The number of unbranched alkanes of at least 4 members (excludes halogenated alkanes) is 26. The molecule has 0 aromatic heterocycles. The average molecular weight is 803 g/mol. The Balaban J connectivity index is 4.31. The number of quaternary nitrogens is 1. The largest absolute Gasteiger partial charge is 0.472 e. The number of esters is 2. The summed E-state index contributed by atoms with van der Waals surface area (Å²) in [6.07, 6.45) is 39.6. The summed E-state index contributed by atoms with van der Waals surface area (Å²) in [5.41, 5.74) is 0. The molecule has 0 heterocycles. The van der Waals surface area contributed by atoms with E-state index in [-0.39, 0.29) is 25.6 Å². The van der Waals surface area contributed by atoms with Crippen molar-refractivity contribution in [3.63, 3.8) is 0 Å². The van der Waals surface area contributed by atoms with E-state index in [1.54, 1.807) is 0 Å². The van der Waals surface area contributed by atoms with Crippen LogP contribution in [0.5, 0.6) is 0 Å². The van der Waals surface area contributed by atoms with Crippen molar-refractivity contribution in [1.29, 1.82) is 0 Å². The van der Waals surface area contributed by atoms with E-state index in [0.717, 1.165) is 38.5 Å². The van der Waals surface area contributed by atoms with Crippen LogP contribution in [-0.2, 0) is 32.7 Å². The van der Waals surface area contributed by atoms with Crippen molar-refractivity contribution >= 4 is 19.8 Å². The first-order valence-corrected chi connectivity index (χ1v) is 24.4. The highest BCUT2D eigenvalue weighted by Crippen LogP contribution is 2.43. The Hall–Kier alpha value is -1.25. The van der Waals surface area contributed by atoms with Gasteiger partial charge in [-0.25, -0.2) is 4.57 Å². The van der Waals surface area contributed by atoms with E-state index in [1.807, 2.05) is 21.1 Å². The number of likely N-dealkylation sites (N-methyl/N-ethyl adjacent to an activating group) is 1. The molecular weight excluding hydrogens is 713 g/mol. The predicted molar refractivity (Wildman–Crippen MR) is 229 cm³/mol. The lowest BCUT2D eigenvalue weighted by Crippen LogP contribution is -2.37. The van der Waals surface area contributed by atoms with Crippen LogP contribution in [-0.4, -0.2) is 74.9 Å². The topological polar surface area (TPSA) is 108 Å². The van der Waals surface area contributed by atoms with Gasteiger partial charge < -0.3 is 18.9 Å². The van der Waals surface area contributed by atoms with Crippen LogP contribution in [0.3, 0.4) is 0 Å². The molecule has 0 spiro atoms. The normalized spacial score (nSPS) is 13.6. The SMILES string of the molecule is CCCCCC/C=C/CCCCCCCCCCCC(=O)O[C@H](COC(=O)CCCCCCCCCCCCCCCC)COP(=O)(O)OCC[N+](C)(C)C. The van der Waals surface area contributed by atoms with Gasteiger partial charge >= 0.3 is 19.8 Å². The van der Waals surface area contributed by atoms with Gasteiger partial charge in [-0.3, -0.25) is 18.6 Å². The molecule has 1 unspecified atom stereocenters. The van der Waals surface area contributed by atoms with Crippen LogP contribution in [0.2, 0.25) is 0 Å². The maximum absolute atomic E-state index is 12.7. The molecular formula is C45H89NO8P+. The number of allylic oxidation sites excluding steroid dienone is 2. The number of ether oxygens (including phenoxy) is 2. The molecule has 0 saturated carbocycles. The van der Waals surface area contributed by atoms with E-state index in [4.69, 9.17) is 18.5 Å². The second kappa shape index (κ2) is 38.3. The van der Waals surface area contributed by atoms with Gasteiger partial charge in [0, 0.05) is 12.8 Å². The third kappa shape index (κ3) is 42.2. The Morgan fingerprint density at radius 3 is 1.36 bits per heavy atom. The third-order valence-corrected chi connectivity index (χ3v) is 11.0. The van der Waals surface area contributed by atoms with Gasteiger partial charge in [0.2, 0.25) is 0 Å². The van der Waals surface area contributed by atoms with Crippen LogP contribution in [0.4, 0.5) is 0 Å². The van der Waals surface area contributed by atoms with E-state index in [9.17, 15) is 19.0 Å². The first-order valence-electron chi connectivity index (χ1n) is 22.9. The highest BCUT2D eigenvalue weighted by Gasteiger charge is 2.27. The summed E-state index contributed by atoms with van der Waals surface area (Å²) in [7, 11) is 1.49. The molecule has 1 N–H and O–H groups in total. The van der Waals surface area contributed by atoms with Crippen LogP contribution in [0.1, 0.15) is 213 Å². The second-order valence-electron chi connectivity index (χ2n) is 16.8. The maximum Gasteiger partial charge on any atom is 0.472 e. The van der Waals surface area contributed by atoms with Crippen LogP contribution in [0.25, 0.3) is 0 Å². The summed E-state index contributed by atoms with van der Waals surface area (Å²) >= 11 is 0. The minimum atomic E-state index is -4.37. The van der Waals surface area contributed by atoms with Crippen molar-refractivity contribution in [3.8, 4) is 0 Å². The fraction of sp³-hybridized carbons (Fsp3) is 0.911. The number of phosphoric acid groups is 1. The van der Waals surface area contributed by atoms with E-state index in [1.165, 1.54) is 141 Å². The van der Waals surface area contributed by atoms with Crippen molar-refractivity contribution in [1.82, 2.24) is 0 Å². The molecule has 0 aliphatic heterocycles.